The standard InChI is InChI=1S/C15H18F3N3/c1-2-11(19)14-20-12-5-3-4-10(15(16,17)18)13(12)21(14)8-9-6-7-9/h3-5,9,11H,2,6-8,19H2,1H3/t11-/m0/s1. The monoisotopic (exact) mass is 297 g/mol. The van der Waals surface area contributed by atoms with E-state index in [9.17, 15) is 13.2 Å². The van der Waals surface area contributed by atoms with Crippen molar-refractivity contribution in [1.82, 2.24) is 9.55 Å². The van der Waals surface area contributed by atoms with Crippen LogP contribution in [0.25, 0.3) is 11.0 Å². The topological polar surface area (TPSA) is 43.8 Å². The van der Waals surface area contributed by atoms with E-state index >= 15 is 0 Å². The molecule has 0 unspecified atom stereocenters. The van der Waals surface area contributed by atoms with Gasteiger partial charge in [0.05, 0.1) is 22.6 Å². The zero-order chi connectivity index (χ0) is 15.2. The van der Waals surface area contributed by atoms with Crippen LogP contribution in [0.5, 0.6) is 0 Å². The van der Waals surface area contributed by atoms with Crippen LogP contribution in [0.1, 0.15) is 43.6 Å². The van der Waals surface area contributed by atoms with Gasteiger partial charge < -0.3 is 10.3 Å². The Morgan fingerprint density at radius 2 is 2.10 bits per heavy atom. The van der Waals surface area contributed by atoms with Gasteiger partial charge in [0.1, 0.15) is 5.82 Å². The smallest absolute Gasteiger partial charge is 0.326 e. The quantitative estimate of drug-likeness (QED) is 0.931. The van der Waals surface area contributed by atoms with Gasteiger partial charge in [-0.05, 0) is 37.3 Å². The number of fused-ring (bicyclic) bond motifs is 1. The molecule has 21 heavy (non-hydrogen) atoms. The van der Waals surface area contributed by atoms with Crippen LogP contribution < -0.4 is 5.73 Å². The summed E-state index contributed by atoms with van der Waals surface area (Å²) in [5, 5.41) is 0. The van der Waals surface area contributed by atoms with E-state index in [4.69, 9.17) is 5.73 Å². The van der Waals surface area contributed by atoms with E-state index in [0.29, 0.717) is 30.2 Å². The van der Waals surface area contributed by atoms with Gasteiger partial charge in [0.15, 0.2) is 0 Å². The Hall–Kier alpha value is -1.56. The Labute approximate surface area is 121 Å². The zero-order valence-corrected chi connectivity index (χ0v) is 11.8. The van der Waals surface area contributed by atoms with Gasteiger partial charge in [-0.15, -0.1) is 0 Å². The second-order valence-corrected chi connectivity index (χ2v) is 5.71. The van der Waals surface area contributed by atoms with Gasteiger partial charge >= 0.3 is 6.18 Å². The van der Waals surface area contributed by atoms with E-state index in [1.165, 1.54) is 6.07 Å². The van der Waals surface area contributed by atoms with Gasteiger partial charge in [0, 0.05) is 6.54 Å². The number of rotatable bonds is 4. The van der Waals surface area contributed by atoms with Crippen molar-refractivity contribution in [2.45, 2.75) is 44.9 Å². The van der Waals surface area contributed by atoms with Gasteiger partial charge in [-0.2, -0.15) is 13.2 Å². The minimum atomic E-state index is -4.38. The number of halogens is 3. The Morgan fingerprint density at radius 1 is 1.38 bits per heavy atom. The molecule has 2 N–H and O–H groups in total. The molecular formula is C15H18F3N3. The number of imidazole rings is 1. The molecule has 1 atom stereocenters. The van der Waals surface area contributed by atoms with E-state index in [-0.39, 0.29) is 11.6 Å². The second-order valence-electron chi connectivity index (χ2n) is 5.71. The number of nitrogens with zero attached hydrogens (tertiary/aromatic N) is 2. The van der Waals surface area contributed by atoms with Crippen molar-refractivity contribution in [1.29, 1.82) is 0 Å². The highest BCUT2D eigenvalue weighted by molar-refractivity contribution is 5.80. The summed E-state index contributed by atoms with van der Waals surface area (Å²) < 4.78 is 41.5. The molecule has 6 heteroatoms. The van der Waals surface area contributed by atoms with Crippen LogP contribution >= 0.6 is 0 Å². The summed E-state index contributed by atoms with van der Waals surface area (Å²) in [4.78, 5) is 4.38. The van der Waals surface area contributed by atoms with Crippen LogP contribution in [-0.2, 0) is 12.7 Å². The highest BCUT2D eigenvalue weighted by Gasteiger charge is 2.36. The lowest BCUT2D eigenvalue weighted by Crippen LogP contribution is -2.17. The predicted molar refractivity (Wildman–Crippen MR) is 74.7 cm³/mol. The molecule has 1 aliphatic carbocycles. The molecule has 0 aliphatic heterocycles. The van der Waals surface area contributed by atoms with Crippen molar-refractivity contribution in [3.63, 3.8) is 0 Å². The van der Waals surface area contributed by atoms with Crippen LogP contribution in [0.3, 0.4) is 0 Å². The molecule has 1 aromatic carbocycles. The van der Waals surface area contributed by atoms with Gasteiger partial charge in [-0.3, -0.25) is 0 Å². The summed E-state index contributed by atoms with van der Waals surface area (Å²) >= 11 is 0. The summed E-state index contributed by atoms with van der Waals surface area (Å²) in [6.07, 6.45) is -1.60. The fourth-order valence-electron chi connectivity index (χ4n) is 2.64. The van der Waals surface area contributed by atoms with Gasteiger partial charge in [-0.25, -0.2) is 4.98 Å². The van der Waals surface area contributed by atoms with Gasteiger partial charge in [0.25, 0.3) is 0 Å². The number of aromatic nitrogens is 2. The minimum Gasteiger partial charge on any atom is -0.326 e. The molecule has 0 spiro atoms. The van der Waals surface area contributed by atoms with E-state index in [1.54, 1.807) is 10.6 Å². The molecule has 0 amide bonds. The number of hydrogen-bond acceptors (Lipinski definition) is 2. The minimum absolute atomic E-state index is 0.177. The Balaban J connectivity index is 2.23. The number of nitrogens with two attached hydrogens (primary N) is 1. The maximum Gasteiger partial charge on any atom is 0.418 e. The van der Waals surface area contributed by atoms with Gasteiger partial charge in [0.2, 0.25) is 0 Å². The molecule has 1 aromatic heterocycles. The summed E-state index contributed by atoms with van der Waals surface area (Å²) in [5.41, 5.74) is 5.98. The molecule has 0 radical (unpaired) electrons. The van der Waals surface area contributed by atoms with E-state index < -0.39 is 11.7 Å². The highest BCUT2D eigenvalue weighted by Crippen LogP contribution is 2.38. The summed E-state index contributed by atoms with van der Waals surface area (Å²) in [6, 6.07) is 3.81. The largest absolute Gasteiger partial charge is 0.418 e. The Morgan fingerprint density at radius 3 is 2.67 bits per heavy atom. The third-order valence-electron chi connectivity index (χ3n) is 4.01. The van der Waals surface area contributed by atoms with Crippen molar-refractivity contribution in [3.8, 4) is 0 Å². The average molecular weight is 297 g/mol. The van der Waals surface area contributed by atoms with Crippen molar-refractivity contribution < 1.29 is 13.2 Å². The maximum absolute atomic E-state index is 13.3. The molecule has 0 saturated heterocycles. The van der Waals surface area contributed by atoms with Crippen LogP contribution in [0.2, 0.25) is 0 Å². The first-order valence-electron chi connectivity index (χ1n) is 7.23. The van der Waals surface area contributed by atoms with Crippen LogP contribution in [0.15, 0.2) is 18.2 Å². The molecular weight excluding hydrogens is 279 g/mol. The summed E-state index contributed by atoms with van der Waals surface area (Å²) in [5.74, 6) is 1.02. The molecule has 3 rings (SSSR count). The maximum atomic E-state index is 13.3. The molecule has 1 fully saturated rings. The normalized spacial score (nSPS) is 17.4. The first-order chi connectivity index (χ1) is 9.91. The van der Waals surface area contributed by atoms with E-state index in [0.717, 1.165) is 18.9 Å². The Bertz CT molecular complexity index is 656. The SMILES string of the molecule is CC[C@H](N)c1nc2cccc(C(F)(F)F)c2n1CC1CC1. The summed E-state index contributed by atoms with van der Waals surface area (Å²) in [7, 11) is 0. The van der Waals surface area contributed by atoms with Gasteiger partial charge in [-0.1, -0.05) is 13.0 Å². The zero-order valence-electron chi connectivity index (χ0n) is 11.8. The van der Waals surface area contributed by atoms with Crippen LogP contribution in [-0.4, -0.2) is 9.55 Å². The van der Waals surface area contributed by atoms with Crippen molar-refractivity contribution in [3.05, 3.63) is 29.6 Å². The molecule has 3 nitrogen and oxygen atoms in total. The number of para-hydroxylation sites is 1. The highest BCUT2D eigenvalue weighted by atomic mass is 19.4. The molecule has 1 aliphatic rings. The fourth-order valence-corrected chi connectivity index (χ4v) is 2.64. The number of hydrogen-bond donors (Lipinski definition) is 1. The number of benzene rings is 1. The molecule has 114 valence electrons. The number of alkyl halides is 3. The lowest BCUT2D eigenvalue weighted by Gasteiger charge is -2.15. The molecule has 2 aromatic rings. The van der Waals surface area contributed by atoms with E-state index in [1.807, 2.05) is 6.92 Å². The van der Waals surface area contributed by atoms with E-state index in [2.05, 4.69) is 4.98 Å². The Kier molecular flexibility index (Phi) is 3.43. The first kappa shape index (κ1) is 14.4. The van der Waals surface area contributed by atoms with Crippen LogP contribution in [0, 0.1) is 5.92 Å². The first-order valence-corrected chi connectivity index (χ1v) is 7.23. The van der Waals surface area contributed by atoms with Crippen molar-refractivity contribution in [2.24, 2.45) is 11.7 Å². The fraction of sp³-hybridized carbons (Fsp3) is 0.533. The summed E-state index contributed by atoms with van der Waals surface area (Å²) in [6.45, 7) is 2.49. The van der Waals surface area contributed by atoms with Crippen molar-refractivity contribution >= 4 is 11.0 Å². The van der Waals surface area contributed by atoms with Crippen molar-refractivity contribution in [2.75, 3.05) is 0 Å². The lowest BCUT2D eigenvalue weighted by molar-refractivity contribution is -0.136. The van der Waals surface area contributed by atoms with Crippen LogP contribution in [0.4, 0.5) is 13.2 Å². The average Bonchev–Trinajstić information content (AvgIpc) is 3.17. The molecule has 1 saturated carbocycles. The molecule has 1 heterocycles. The third-order valence-corrected chi connectivity index (χ3v) is 4.01. The second kappa shape index (κ2) is 5.02. The lowest BCUT2D eigenvalue weighted by atomic mass is 10.1. The molecule has 0 bridgehead atoms. The third kappa shape index (κ3) is 2.64. The predicted octanol–water partition coefficient (Wildman–Crippen LogP) is 3.87.